The van der Waals surface area contributed by atoms with Crippen molar-refractivity contribution in [2.75, 3.05) is 13.1 Å². The van der Waals surface area contributed by atoms with E-state index >= 15 is 0 Å². The monoisotopic (exact) mass is 296 g/mol. The Balaban J connectivity index is 2.38. The minimum Gasteiger partial charge on any atom is -0.390 e. The fourth-order valence-corrected chi connectivity index (χ4v) is 3.88. The van der Waals surface area contributed by atoms with Crippen molar-refractivity contribution in [1.82, 2.24) is 19.3 Å². The number of halogens is 1. The van der Waals surface area contributed by atoms with Crippen molar-refractivity contribution in [2.45, 2.75) is 11.1 Å². The summed E-state index contributed by atoms with van der Waals surface area (Å²) in [6.07, 6.45) is -0.570. The Hall–Kier alpha value is -0.510. The third-order valence-corrected chi connectivity index (χ3v) is 4.87. The molecule has 1 aromatic heterocycles. The summed E-state index contributed by atoms with van der Waals surface area (Å²) in [4.78, 5) is 0. The second-order valence-corrected chi connectivity index (χ2v) is 5.89. The molecule has 7 nitrogen and oxygen atoms in total. The minimum atomic E-state index is -3.59. The zero-order chi connectivity index (χ0) is 11.2. The largest absolute Gasteiger partial charge is 0.390 e. The van der Waals surface area contributed by atoms with Gasteiger partial charge in [0.1, 0.15) is 0 Å². The van der Waals surface area contributed by atoms with Gasteiger partial charge in [0, 0.05) is 20.1 Å². The number of aromatic nitrogens is 3. The summed E-state index contributed by atoms with van der Waals surface area (Å²) in [5.74, 6) is 0. The average Bonchev–Trinajstić information content (AvgIpc) is 2.41. The predicted octanol–water partition coefficient (Wildman–Crippen LogP) is -1.06. The zero-order valence-corrected chi connectivity index (χ0v) is 10.2. The Kier molecular flexibility index (Phi) is 2.57. The maximum Gasteiger partial charge on any atom is 0.263 e. The van der Waals surface area contributed by atoms with Crippen LogP contribution in [0.3, 0.4) is 0 Å². The van der Waals surface area contributed by atoms with E-state index < -0.39 is 16.1 Å². The minimum absolute atomic E-state index is 0.00870. The average molecular weight is 297 g/mol. The molecule has 0 spiro atoms. The molecule has 1 saturated heterocycles. The first-order chi connectivity index (χ1) is 6.93. The Bertz CT molecular complexity index is 459. The summed E-state index contributed by atoms with van der Waals surface area (Å²) in [6, 6.07) is 0. The molecule has 84 valence electrons. The van der Waals surface area contributed by atoms with Gasteiger partial charge in [0.25, 0.3) is 10.0 Å². The quantitative estimate of drug-likeness (QED) is 0.752. The van der Waals surface area contributed by atoms with E-state index in [4.69, 9.17) is 5.11 Å². The Morgan fingerprint density at radius 2 is 2.13 bits per heavy atom. The summed E-state index contributed by atoms with van der Waals surface area (Å²) in [7, 11) is -2.09. The van der Waals surface area contributed by atoms with Crippen molar-refractivity contribution >= 4 is 26.0 Å². The van der Waals surface area contributed by atoms with Crippen LogP contribution in [-0.2, 0) is 17.1 Å². The number of rotatable bonds is 2. The molecule has 1 N–H and O–H groups in total. The van der Waals surface area contributed by atoms with Gasteiger partial charge in [0.2, 0.25) is 5.03 Å². The number of hydrogen-bond acceptors (Lipinski definition) is 5. The number of hydrogen-bond donors (Lipinski definition) is 1. The molecule has 2 rings (SSSR count). The van der Waals surface area contributed by atoms with Gasteiger partial charge in [-0.2, -0.15) is 4.31 Å². The van der Waals surface area contributed by atoms with Crippen LogP contribution in [0.25, 0.3) is 0 Å². The van der Waals surface area contributed by atoms with Crippen LogP contribution in [-0.4, -0.2) is 52.0 Å². The van der Waals surface area contributed by atoms with Gasteiger partial charge in [0.15, 0.2) is 4.60 Å². The molecule has 0 unspecified atom stereocenters. The molecule has 0 aliphatic carbocycles. The Labute approximate surface area is 94.9 Å². The lowest BCUT2D eigenvalue weighted by molar-refractivity contribution is 0.0544. The molecule has 1 aliphatic heterocycles. The molecule has 0 bridgehead atoms. The SMILES string of the molecule is Cn1nnc(Br)c1S(=O)(=O)N1CC(O)C1. The van der Waals surface area contributed by atoms with Crippen molar-refractivity contribution in [3.05, 3.63) is 4.60 Å². The molecule has 2 heterocycles. The maximum absolute atomic E-state index is 11.9. The molecule has 0 atom stereocenters. The van der Waals surface area contributed by atoms with E-state index in [1.807, 2.05) is 0 Å². The lowest BCUT2D eigenvalue weighted by atomic mass is 10.2. The molecule has 0 radical (unpaired) electrons. The molecular weight excluding hydrogens is 288 g/mol. The highest BCUT2D eigenvalue weighted by Gasteiger charge is 2.38. The summed E-state index contributed by atoms with van der Waals surface area (Å²) in [5, 5.41) is 16.3. The van der Waals surface area contributed by atoms with Crippen molar-refractivity contribution in [3.8, 4) is 0 Å². The van der Waals surface area contributed by atoms with Crippen LogP contribution in [0.15, 0.2) is 9.63 Å². The first kappa shape index (κ1) is 11.0. The van der Waals surface area contributed by atoms with Gasteiger partial charge < -0.3 is 5.11 Å². The van der Waals surface area contributed by atoms with Gasteiger partial charge >= 0.3 is 0 Å². The van der Waals surface area contributed by atoms with Crippen LogP contribution >= 0.6 is 15.9 Å². The first-order valence-electron chi connectivity index (χ1n) is 4.16. The van der Waals surface area contributed by atoms with Gasteiger partial charge in [0.05, 0.1) is 6.10 Å². The number of sulfonamides is 1. The molecule has 0 aromatic carbocycles. The van der Waals surface area contributed by atoms with Crippen LogP contribution in [0.5, 0.6) is 0 Å². The molecule has 15 heavy (non-hydrogen) atoms. The summed E-state index contributed by atoms with van der Waals surface area (Å²) in [5.41, 5.74) is 0. The van der Waals surface area contributed by atoms with E-state index in [0.29, 0.717) is 0 Å². The van der Waals surface area contributed by atoms with E-state index in [1.54, 1.807) is 0 Å². The van der Waals surface area contributed by atoms with E-state index in [2.05, 4.69) is 26.2 Å². The molecule has 9 heteroatoms. The summed E-state index contributed by atoms with van der Waals surface area (Å²) in [6.45, 7) is 0.250. The normalized spacial score (nSPS) is 19.1. The predicted molar refractivity (Wildman–Crippen MR) is 53.5 cm³/mol. The van der Waals surface area contributed by atoms with E-state index in [-0.39, 0.29) is 22.7 Å². The van der Waals surface area contributed by atoms with Crippen LogP contribution < -0.4 is 0 Å². The molecular formula is C6H9BrN4O3S. The van der Waals surface area contributed by atoms with Crippen LogP contribution in [0.4, 0.5) is 0 Å². The lowest BCUT2D eigenvalue weighted by Gasteiger charge is -2.34. The van der Waals surface area contributed by atoms with E-state index in [9.17, 15) is 8.42 Å². The van der Waals surface area contributed by atoms with Gasteiger partial charge in [-0.05, 0) is 15.9 Å². The smallest absolute Gasteiger partial charge is 0.263 e. The summed E-state index contributed by atoms with van der Waals surface area (Å²) >= 11 is 3.03. The Morgan fingerprint density at radius 3 is 2.53 bits per heavy atom. The van der Waals surface area contributed by atoms with Crippen molar-refractivity contribution in [3.63, 3.8) is 0 Å². The number of aliphatic hydroxyl groups is 1. The van der Waals surface area contributed by atoms with Crippen LogP contribution in [0.1, 0.15) is 0 Å². The molecule has 1 fully saturated rings. The zero-order valence-electron chi connectivity index (χ0n) is 7.83. The second-order valence-electron chi connectivity index (χ2n) is 3.28. The molecule has 0 saturated carbocycles. The van der Waals surface area contributed by atoms with Crippen molar-refractivity contribution < 1.29 is 13.5 Å². The van der Waals surface area contributed by atoms with Crippen molar-refractivity contribution in [1.29, 1.82) is 0 Å². The van der Waals surface area contributed by atoms with Gasteiger partial charge in [-0.3, -0.25) is 0 Å². The first-order valence-corrected chi connectivity index (χ1v) is 6.39. The van der Waals surface area contributed by atoms with Crippen molar-refractivity contribution in [2.24, 2.45) is 7.05 Å². The number of nitrogens with zero attached hydrogens (tertiary/aromatic N) is 4. The molecule has 1 aliphatic rings. The number of β-amino-alcohol motifs (C(OH)–C–C–N with tert-alkyl or cyclic N) is 1. The summed E-state index contributed by atoms with van der Waals surface area (Å²) < 4.78 is 26.4. The second kappa shape index (κ2) is 3.51. The molecule has 0 amide bonds. The topological polar surface area (TPSA) is 88.3 Å². The lowest BCUT2D eigenvalue weighted by Crippen LogP contribution is -2.53. The van der Waals surface area contributed by atoms with Gasteiger partial charge in [-0.1, -0.05) is 5.21 Å². The Morgan fingerprint density at radius 1 is 1.53 bits per heavy atom. The fourth-order valence-electron chi connectivity index (χ4n) is 1.33. The highest BCUT2D eigenvalue weighted by Crippen LogP contribution is 2.25. The highest BCUT2D eigenvalue weighted by molar-refractivity contribution is 9.10. The van der Waals surface area contributed by atoms with Crippen LogP contribution in [0.2, 0.25) is 0 Å². The number of aryl methyl sites for hydroxylation is 1. The van der Waals surface area contributed by atoms with Gasteiger partial charge in [-0.25, -0.2) is 13.1 Å². The third kappa shape index (κ3) is 1.69. The van der Waals surface area contributed by atoms with E-state index in [1.165, 1.54) is 16.0 Å². The van der Waals surface area contributed by atoms with Gasteiger partial charge in [-0.15, -0.1) is 5.10 Å². The van der Waals surface area contributed by atoms with Crippen LogP contribution in [0, 0.1) is 0 Å². The van der Waals surface area contributed by atoms with E-state index in [0.717, 1.165) is 0 Å². The standard InChI is InChI=1S/C6H9BrN4O3S/c1-10-6(5(7)8-9-10)15(13,14)11-2-4(12)3-11/h4,12H,2-3H2,1H3. The maximum atomic E-state index is 11.9. The fraction of sp³-hybridized carbons (Fsp3) is 0.667. The highest BCUT2D eigenvalue weighted by atomic mass is 79.9. The molecule has 1 aromatic rings. The third-order valence-electron chi connectivity index (χ3n) is 2.15. The number of aliphatic hydroxyl groups excluding tert-OH is 1.